The molecule has 102 valence electrons. The van der Waals surface area contributed by atoms with E-state index in [2.05, 4.69) is 5.32 Å². The molecule has 2 aromatic carbocycles. The van der Waals surface area contributed by atoms with Gasteiger partial charge in [-0.25, -0.2) is 0 Å². The van der Waals surface area contributed by atoms with Crippen molar-refractivity contribution in [3.63, 3.8) is 0 Å². The zero-order valence-corrected chi connectivity index (χ0v) is 12.1. The Kier molecular flexibility index (Phi) is 3.55. The lowest BCUT2D eigenvalue weighted by atomic mass is 10.1. The van der Waals surface area contributed by atoms with Gasteiger partial charge < -0.3 is 10.2 Å². The smallest absolute Gasteiger partial charge is 0.246 e. The lowest BCUT2D eigenvalue weighted by Crippen LogP contribution is -2.39. The van der Waals surface area contributed by atoms with Crippen molar-refractivity contribution in [3.8, 4) is 0 Å². The number of carbonyl (C=O) groups is 1. The quantitative estimate of drug-likeness (QED) is 0.911. The lowest BCUT2D eigenvalue weighted by Gasteiger charge is -2.30. The maximum atomic E-state index is 12.1. The highest BCUT2D eigenvalue weighted by Crippen LogP contribution is 2.31. The molecule has 0 saturated heterocycles. The number of fused-ring (bicyclic) bond motifs is 1. The maximum Gasteiger partial charge on any atom is 0.246 e. The Morgan fingerprint density at radius 1 is 1.15 bits per heavy atom. The van der Waals surface area contributed by atoms with Crippen LogP contribution in [0.3, 0.4) is 0 Å². The van der Waals surface area contributed by atoms with Crippen LogP contribution in [0.15, 0.2) is 42.5 Å². The Labute approximate surface area is 127 Å². The number of para-hydroxylation sites is 2. The normalized spacial score (nSPS) is 13.9. The average molecular weight is 307 g/mol. The molecule has 1 amide bonds. The van der Waals surface area contributed by atoms with Gasteiger partial charge in [0.15, 0.2) is 0 Å². The predicted molar refractivity (Wildman–Crippen MR) is 82.6 cm³/mol. The lowest BCUT2D eigenvalue weighted by molar-refractivity contribution is -0.117. The van der Waals surface area contributed by atoms with Crippen LogP contribution in [0.25, 0.3) is 0 Å². The second-order valence-corrected chi connectivity index (χ2v) is 5.43. The second kappa shape index (κ2) is 5.35. The van der Waals surface area contributed by atoms with E-state index in [9.17, 15) is 4.79 Å². The van der Waals surface area contributed by atoms with Gasteiger partial charge in [0, 0.05) is 10.0 Å². The molecule has 2 aromatic rings. The predicted octanol–water partition coefficient (Wildman–Crippen LogP) is 3.95. The number of amides is 1. The van der Waals surface area contributed by atoms with Crippen LogP contribution in [-0.2, 0) is 11.3 Å². The fraction of sp³-hybridized carbons (Fsp3) is 0.133. The van der Waals surface area contributed by atoms with Gasteiger partial charge >= 0.3 is 0 Å². The molecule has 0 unspecified atom stereocenters. The van der Waals surface area contributed by atoms with Crippen LogP contribution in [0.4, 0.5) is 11.4 Å². The topological polar surface area (TPSA) is 32.3 Å². The van der Waals surface area contributed by atoms with E-state index in [1.54, 1.807) is 17.0 Å². The summed E-state index contributed by atoms with van der Waals surface area (Å²) < 4.78 is 0. The minimum Gasteiger partial charge on any atom is -0.374 e. The summed E-state index contributed by atoms with van der Waals surface area (Å²) in [5.41, 5.74) is 2.70. The van der Waals surface area contributed by atoms with Gasteiger partial charge in [-0.2, -0.15) is 0 Å². The number of nitrogens with one attached hydrogen (secondary N) is 1. The van der Waals surface area contributed by atoms with E-state index in [0.29, 0.717) is 23.1 Å². The van der Waals surface area contributed by atoms with Gasteiger partial charge in [0.05, 0.1) is 24.5 Å². The van der Waals surface area contributed by atoms with E-state index >= 15 is 0 Å². The summed E-state index contributed by atoms with van der Waals surface area (Å²) in [5, 5.41) is 4.27. The number of hydrogen-bond acceptors (Lipinski definition) is 2. The molecule has 1 aliphatic heterocycles. The van der Waals surface area contributed by atoms with E-state index < -0.39 is 0 Å². The zero-order valence-electron chi connectivity index (χ0n) is 10.6. The minimum absolute atomic E-state index is 0.0229. The van der Waals surface area contributed by atoms with Gasteiger partial charge in [-0.05, 0) is 29.8 Å². The van der Waals surface area contributed by atoms with E-state index in [1.807, 2.05) is 30.3 Å². The summed E-state index contributed by atoms with van der Waals surface area (Å²) in [7, 11) is 0. The molecule has 0 atom stereocenters. The number of anilines is 2. The zero-order chi connectivity index (χ0) is 14.1. The van der Waals surface area contributed by atoms with Crippen LogP contribution in [0.5, 0.6) is 0 Å². The third-order valence-electron chi connectivity index (χ3n) is 3.27. The van der Waals surface area contributed by atoms with Crippen molar-refractivity contribution >= 4 is 40.5 Å². The van der Waals surface area contributed by atoms with Crippen LogP contribution >= 0.6 is 23.2 Å². The number of hydrogen-bond donors (Lipinski definition) is 1. The Balaban J connectivity index is 1.95. The Morgan fingerprint density at radius 2 is 1.95 bits per heavy atom. The first-order valence-corrected chi connectivity index (χ1v) is 6.98. The van der Waals surface area contributed by atoms with Crippen molar-refractivity contribution in [1.82, 2.24) is 0 Å². The number of halogens is 2. The molecule has 0 spiro atoms. The third kappa shape index (κ3) is 2.47. The van der Waals surface area contributed by atoms with Crippen molar-refractivity contribution in [3.05, 3.63) is 58.1 Å². The standard InChI is InChI=1S/C15H12Cl2N2O/c16-11-6-5-10(12(17)7-11)9-19-14-4-2-1-3-13(14)18-8-15(19)20/h1-7,18H,8-9H2. The van der Waals surface area contributed by atoms with Crippen LogP contribution < -0.4 is 10.2 Å². The largest absolute Gasteiger partial charge is 0.374 e. The highest BCUT2D eigenvalue weighted by molar-refractivity contribution is 6.35. The Morgan fingerprint density at radius 3 is 2.75 bits per heavy atom. The van der Waals surface area contributed by atoms with Crippen LogP contribution in [0, 0.1) is 0 Å². The molecule has 0 saturated carbocycles. The molecule has 0 aliphatic carbocycles. The van der Waals surface area contributed by atoms with E-state index in [1.165, 1.54) is 0 Å². The molecule has 1 aliphatic rings. The van der Waals surface area contributed by atoms with Crippen molar-refractivity contribution in [2.24, 2.45) is 0 Å². The number of benzene rings is 2. The van der Waals surface area contributed by atoms with Gasteiger partial charge in [-0.3, -0.25) is 4.79 Å². The number of nitrogens with zero attached hydrogens (tertiary/aromatic N) is 1. The van der Waals surface area contributed by atoms with Gasteiger partial charge in [0.25, 0.3) is 0 Å². The van der Waals surface area contributed by atoms with E-state index in [4.69, 9.17) is 23.2 Å². The molecular formula is C15H12Cl2N2O. The SMILES string of the molecule is O=C1CNc2ccccc2N1Cc1ccc(Cl)cc1Cl. The average Bonchev–Trinajstić information content (AvgIpc) is 2.44. The van der Waals surface area contributed by atoms with E-state index in [-0.39, 0.29) is 5.91 Å². The fourth-order valence-electron chi connectivity index (χ4n) is 2.25. The molecule has 1 N–H and O–H groups in total. The highest BCUT2D eigenvalue weighted by Gasteiger charge is 2.24. The highest BCUT2D eigenvalue weighted by atomic mass is 35.5. The van der Waals surface area contributed by atoms with Gasteiger partial charge in [-0.15, -0.1) is 0 Å². The molecule has 3 rings (SSSR count). The van der Waals surface area contributed by atoms with E-state index in [0.717, 1.165) is 16.9 Å². The second-order valence-electron chi connectivity index (χ2n) is 4.59. The van der Waals surface area contributed by atoms with Crippen molar-refractivity contribution in [2.45, 2.75) is 6.54 Å². The monoisotopic (exact) mass is 306 g/mol. The third-order valence-corrected chi connectivity index (χ3v) is 3.86. The number of rotatable bonds is 2. The van der Waals surface area contributed by atoms with Crippen molar-refractivity contribution < 1.29 is 4.79 Å². The summed E-state index contributed by atoms with van der Waals surface area (Å²) in [6.07, 6.45) is 0. The van der Waals surface area contributed by atoms with Gasteiger partial charge in [-0.1, -0.05) is 41.4 Å². The molecule has 20 heavy (non-hydrogen) atoms. The summed E-state index contributed by atoms with van der Waals surface area (Å²) in [6.45, 7) is 0.732. The first-order chi connectivity index (χ1) is 9.65. The van der Waals surface area contributed by atoms with Crippen molar-refractivity contribution in [2.75, 3.05) is 16.8 Å². The summed E-state index contributed by atoms with van der Waals surface area (Å²) >= 11 is 12.1. The Bertz CT molecular complexity index is 673. The first kappa shape index (κ1) is 13.3. The first-order valence-electron chi connectivity index (χ1n) is 6.22. The molecular weight excluding hydrogens is 295 g/mol. The molecule has 5 heteroatoms. The molecule has 0 fully saturated rings. The Hall–Kier alpha value is -1.71. The van der Waals surface area contributed by atoms with Gasteiger partial charge in [0.2, 0.25) is 5.91 Å². The van der Waals surface area contributed by atoms with Crippen molar-refractivity contribution in [1.29, 1.82) is 0 Å². The molecule has 3 nitrogen and oxygen atoms in total. The fourth-order valence-corrected chi connectivity index (χ4v) is 2.72. The summed E-state index contributed by atoms with van der Waals surface area (Å²) in [4.78, 5) is 13.9. The summed E-state index contributed by atoms with van der Waals surface area (Å²) in [6, 6.07) is 13.0. The van der Waals surface area contributed by atoms with Crippen LogP contribution in [0.1, 0.15) is 5.56 Å². The maximum absolute atomic E-state index is 12.1. The minimum atomic E-state index is 0.0229. The molecule has 0 aromatic heterocycles. The molecule has 1 heterocycles. The van der Waals surface area contributed by atoms with Crippen LogP contribution in [-0.4, -0.2) is 12.5 Å². The van der Waals surface area contributed by atoms with Gasteiger partial charge in [0.1, 0.15) is 0 Å². The molecule has 0 bridgehead atoms. The molecule has 0 radical (unpaired) electrons. The van der Waals surface area contributed by atoms with Crippen LogP contribution in [0.2, 0.25) is 10.0 Å². The summed E-state index contributed by atoms with van der Waals surface area (Å²) in [5.74, 6) is 0.0229. The number of carbonyl (C=O) groups excluding carboxylic acids is 1.